The van der Waals surface area contributed by atoms with Crippen LogP contribution in [-0.2, 0) is 0 Å². The number of hydrogen-bond donors (Lipinski definition) is 1. The lowest BCUT2D eigenvalue weighted by molar-refractivity contribution is 0.161. The van der Waals surface area contributed by atoms with Gasteiger partial charge in [0.2, 0.25) is 0 Å². The third kappa shape index (κ3) is 2.89. The number of anilines is 1. The normalized spacial score (nSPS) is 21.9. The number of aromatic nitrogens is 1. The first-order valence-electron chi connectivity index (χ1n) is 5.72. The summed E-state index contributed by atoms with van der Waals surface area (Å²) in [5, 5.41) is 10.6. The van der Waals surface area contributed by atoms with Crippen LogP contribution in [0.4, 0.5) is 5.69 Å². The molecule has 4 heteroatoms. The monoisotopic (exact) mass is 238 g/mol. The van der Waals surface area contributed by atoms with E-state index >= 15 is 0 Å². The molecule has 2 heterocycles. The molecule has 2 rings (SSSR count). The summed E-state index contributed by atoms with van der Waals surface area (Å²) in [4.78, 5) is 6.69. The summed E-state index contributed by atoms with van der Waals surface area (Å²) in [6.07, 6.45) is 6.69. The van der Waals surface area contributed by atoms with Crippen molar-refractivity contribution in [2.75, 3.05) is 24.2 Å². The fourth-order valence-corrected chi connectivity index (χ4v) is 2.38. The molecule has 0 saturated carbocycles. The van der Waals surface area contributed by atoms with Gasteiger partial charge in [-0.05, 0) is 37.7 Å². The van der Waals surface area contributed by atoms with Gasteiger partial charge in [0.1, 0.15) is 0 Å². The summed E-state index contributed by atoms with van der Waals surface area (Å²) in [6.45, 7) is 1.96. The molecule has 1 aromatic rings. The number of aliphatic hydroxyl groups excluding tert-OH is 1. The minimum atomic E-state index is -0.122. The second-order valence-electron chi connectivity index (χ2n) is 4.13. The zero-order valence-corrected chi connectivity index (χ0v) is 10.4. The van der Waals surface area contributed by atoms with Gasteiger partial charge in [0, 0.05) is 13.1 Å². The molecule has 0 bridgehead atoms. The van der Waals surface area contributed by atoms with Crippen molar-refractivity contribution in [3.8, 4) is 0 Å². The molecule has 1 atom stereocenters. The number of pyridine rings is 1. The Balaban J connectivity index is 2.04. The Hall–Kier alpha value is -0.740. The Bertz CT molecular complexity index is 328. The molecule has 1 fully saturated rings. The Kier molecular flexibility index (Phi) is 4.07. The van der Waals surface area contributed by atoms with Gasteiger partial charge in [-0.15, -0.1) is 11.8 Å². The molecule has 0 unspecified atom stereocenters. The summed E-state index contributed by atoms with van der Waals surface area (Å²) in [5.74, 6) is 0. The van der Waals surface area contributed by atoms with E-state index < -0.39 is 0 Å². The van der Waals surface area contributed by atoms with Gasteiger partial charge < -0.3 is 10.0 Å². The average Bonchev–Trinajstić information content (AvgIpc) is 2.54. The van der Waals surface area contributed by atoms with Crippen LogP contribution in [-0.4, -0.2) is 35.5 Å². The first-order chi connectivity index (χ1) is 7.79. The smallest absolute Gasteiger partial charge is 0.0958 e. The highest BCUT2D eigenvalue weighted by atomic mass is 32.2. The molecule has 0 aromatic carbocycles. The molecule has 1 N–H and O–H groups in total. The summed E-state index contributed by atoms with van der Waals surface area (Å²) in [7, 11) is 0. The minimum Gasteiger partial charge on any atom is -0.393 e. The van der Waals surface area contributed by atoms with E-state index in [1.807, 2.05) is 12.5 Å². The standard InChI is InChI=1S/C12H18N2OS/c1-16-12-5-4-10(9-13-12)14-7-2-3-11(15)6-8-14/h4-5,9,11,15H,2-3,6-8H2,1H3/t11-/m1/s1. The topological polar surface area (TPSA) is 36.4 Å². The first kappa shape index (κ1) is 11.7. The van der Waals surface area contributed by atoms with Gasteiger partial charge in [-0.25, -0.2) is 4.98 Å². The molecule has 0 radical (unpaired) electrons. The maximum Gasteiger partial charge on any atom is 0.0958 e. The van der Waals surface area contributed by atoms with Crippen LogP contribution in [0.3, 0.4) is 0 Å². The maximum atomic E-state index is 9.59. The lowest BCUT2D eigenvalue weighted by atomic mass is 10.2. The Morgan fingerprint density at radius 2 is 2.25 bits per heavy atom. The third-order valence-electron chi connectivity index (χ3n) is 2.99. The van der Waals surface area contributed by atoms with E-state index in [-0.39, 0.29) is 6.10 Å². The van der Waals surface area contributed by atoms with Crippen LogP contribution in [0.2, 0.25) is 0 Å². The van der Waals surface area contributed by atoms with Crippen LogP contribution < -0.4 is 4.90 Å². The van der Waals surface area contributed by atoms with E-state index in [1.54, 1.807) is 11.8 Å². The first-order valence-corrected chi connectivity index (χ1v) is 6.95. The van der Waals surface area contributed by atoms with Gasteiger partial charge in [0.05, 0.1) is 23.0 Å². The minimum absolute atomic E-state index is 0.122. The predicted molar refractivity (Wildman–Crippen MR) is 68.1 cm³/mol. The van der Waals surface area contributed by atoms with Crippen molar-refractivity contribution in [3.63, 3.8) is 0 Å². The summed E-state index contributed by atoms with van der Waals surface area (Å²) in [6, 6.07) is 4.18. The fourth-order valence-electron chi connectivity index (χ4n) is 2.02. The van der Waals surface area contributed by atoms with Crippen molar-refractivity contribution in [1.29, 1.82) is 0 Å². The van der Waals surface area contributed by atoms with Gasteiger partial charge in [0.15, 0.2) is 0 Å². The van der Waals surface area contributed by atoms with E-state index in [0.717, 1.165) is 37.4 Å². The summed E-state index contributed by atoms with van der Waals surface area (Å²) < 4.78 is 0. The molecule has 88 valence electrons. The van der Waals surface area contributed by atoms with Gasteiger partial charge in [-0.3, -0.25) is 0 Å². The lowest BCUT2D eigenvalue weighted by Gasteiger charge is -2.22. The molecule has 1 aliphatic rings. The predicted octanol–water partition coefficient (Wildman–Crippen LogP) is 2.15. The van der Waals surface area contributed by atoms with Crippen LogP contribution in [0.25, 0.3) is 0 Å². The van der Waals surface area contributed by atoms with Crippen LogP contribution in [0.5, 0.6) is 0 Å². The van der Waals surface area contributed by atoms with Crippen molar-refractivity contribution in [2.24, 2.45) is 0 Å². The van der Waals surface area contributed by atoms with E-state index in [4.69, 9.17) is 0 Å². The van der Waals surface area contributed by atoms with Crippen LogP contribution in [0.1, 0.15) is 19.3 Å². The number of thioether (sulfide) groups is 1. The molecule has 0 spiro atoms. The SMILES string of the molecule is CSc1ccc(N2CCC[C@@H](O)CC2)cn1. The molecule has 3 nitrogen and oxygen atoms in total. The molecular formula is C12H18N2OS. The highest BCUT2D eigenvalue weighted by Crippen LogP contribution is 2.21. The van der Waals surface area contributed by atoms with Crippen LogP contribution >= 0.6 is 11.8 Å². The summed E-state index contributed by atoms with van der Waals surface area (Å²) in [5.41, 5.74) is 1.17. The molecule has 16 heavy (non-hydrogen) atoms. The Morgan fingerprint density at radius 3 is 2.94 bits per heavy atom. The zero-order chi connectivity index (χ0) is 11.4. The van der Waals surface area contributed by atoms with E-state index in [2.05, 4.69) is 22.0 Å². The molecule has 0 aliphatic carbocycles. The zero-order valence-electron chi connectivity index (χ0n) is 9.59. The van der Waals surface area contributed by atoms with E-state index in [1.165, 1.54) is 5.69 Å². The van der Waals surface area contributed by atoms with Crippen molar-refractivity contribution in [1.82, 2.24) is 4.98 Å². The second-order valence-corrected chi connectivity index (χ2v) is 4.96. The quantitative estimate of drug-likeness (QED) is 0.801. The van der Waals surface area contributed by atoms with Crippen molar-refractivity contribution >= 4 is 17.4 Å². The number of aliphatic hydroxyl groups is 1. The third-order valence-corrected chi connectivity index (χ3v) is 3.65. The molecule has 0 amide bonds. The van der Waals surface area contributed by atoms with E-state index in [9.17, 15) is 5.11 Å². The lowest BCUT2D eigenvalue weighted by Crippen LogP contribution is -2.24. The molecule has 1 saturated heterocycles. The van der Waals surface area contributed by atoms with Crippen LogP contribution in [0, 0.1) is 0 Å². The Morgan fingerprint density at radius 1 is 1.38 bits per heavy atom. The average molecular weight is 238 g/mol. The van der Waals surface area contributed by atoms with E-state index in [0.29, 0.717) is 0 Å². The molecule has 1 aromatic heterocycles. The van der Waals surface area contributed by atoms with Crippen molar-refractivity contribution in [3.05, 3.63) is 18.3 Å². The fraction of sp³-hybridized carbons (Fsp3) is 0.583. The number of rotatable bonds is 2. The van der Waals surface area contributed by atoms with Gasteiger partial charge in [0.25, 0.3) is 0 Å². The molecular weight excluding hydrogens is 220 g/mol. The largest absolute Gasteiger partial charge is 0.393 e. The van der Waals surface area contributed by atoms with Crippen molar-refractivity contribution in [2.45, 2.75) is 30.4 Å². The second kappa shape index (κ2) is 5.55. The highest BCUT2D eigenvalue weighted by molar-refractivity contribution is 7.98. The summed E-state index contributed by atoms with van der Waals surface area (Å²) >= 11 is 1.66. The molecule has 1 aliphatic heterocycles. The van der Waals surface area contributed by atoms with Crippen LogP contribution in [0.15, 0.2) is 23.4 Å². The van der Waals surface area contributed by atoms with Crippen molar-refractivity contribution < 1.29 is 5.11 Å². The van der Waals surface area contributed by atoms with Gasteiger partial charge in [-0.2, -0.15) is 0 Å². The number of hydrogen-bond acceptors (Lipinski definition) is 4. The van der Waals surface area contributed by atoms with Gasteiger partial charge in [-0.1, -0.05) is 0 Å². The maximum absolute atomic E-state index is 9.59. The number of nitrogens with zero attached hydrogens (tertiary/aromatic N) is 2. The highest BCUT2D eigenvalue weighted by Gasteiger charge is 2.15. The van der Waals surface area contributed by atoms with Gasteiger partial charge >= 0.3 is 0 Å². The Labute approximate surface area is 101 Å².